The molecule has 0 aliphatic carbocycles. The Labute approximate surface area is 140 Å². The number of nitrogen functional groups attached to an aromatic ring is 2. The van der Waals surface area contributed by atoms with Gasteiger partial charge >= 0.3 is 0 Å². The second-order valence-corrected chi connectivity index (χ2v) is 4.30. The molecule has 0 amide bonds. The molecule has 138 valence electrons. The van der Waals surface area contributed by atoms with Crippen molar-refractivity contribution >= 4 is 23.8 Å². The molecule has 0 heterocycles. The molecule has 0 fully saturated rings. The molecule has 13 heteroatoms. The van der Waals surface area contributed by atoms with Crippen molar-refractivity contribution in [2.24, 2.45) is 11.7 Å². The van der Waals surface area contributed by atoms with Gasteiger partial charge in [0.05, 0.1) is 11.1 Å². The van der Waals surface area contributed by atoms with Crippen molar-refractivity contribution < 1.29 is 35.1 Å². The minimum atomic E-state index is -2.33. The monoisotopic (exact) mass is 394 g/mol. The molecule has 0 saturated carbocycles. The van der Waals surface area contributed by atoms with Gasteiger partial charge in [0.25, 0.3) is 0 Å². The van der Waals surface area contributed by atoms with Gasteiger partial charge < -0.3 is 10.9 Å². The predicted molar refractivity (Wildman–Crippen MR) is 74.4 cm³/mol. The smallest absolute Gasteiger partial charge is 0.187 e. The van der Waals surface area contributed by atoms with Crippen molar-refractivity contribution in [1.82, 2.24) is 0 Å². The number of anilines is 2. The van der Waals surface area contributed by atoms with Gasteiger partial charge in [-0.2, -0.15) is 0 Å². The van der Waals surface area contributed by atoms with Gasteiger partial charge in [0.1, 0.15) is 11.4 Å². The van der Waals surface area contributed by atoms with Gasteiger partial charge in [0, 0.05) is 0 Å². The highest BCUT2D eigenvalue weighted by molar-refractivity contribution is 5.85. The van der Waals surface area contributed by atoms with E-state index in [1.165, 1.54) is 10.9 Å². The van der Waals surface area contributed by atoms with Crippen LogP contribution in [0.3, 0.4) is 0 Å². The largest absolute Gasteiger partial charge is 0.319 e. The van der Waals surface area contributed by atoms with Gasteiger partial charge in [-0.05, 0) is 0 Å². The third-order valence-electron chi connectivity index (χ3n) is 3.07. The average Bonchev–Trinajstić information content (AvgIpc) is 2.55. The Bertz CT molecular complexity index is 717. The fourth-order valence-electron chi connectivity index (χ4n) is 1.96. The lowest BCUT2D eigenvalue weighted by Gasteiger charge is -2.15. The Morgan fingerprint density at radius 3 is 0.800 bits per heavy atom. The maximum absolute atomic E-state index is 13.9. The van der Waals surface area contributed by atoms with Crippen molar-refractivity contribution in [3.63, 3.8) is 0 Å². The topological polar surface area (TPSA) is 76.1 Å². The summed E-state index contributed by atoms with van der Waals surface area (Å²) in [5, 5.41) is 0. The number of nitrogens with two attached hydrogens (primary N) is 2. The molecule has 0 atom stereocenters. The van der Waals surface area contributed by atoms with Crippen LogP contribution in [0.5, 0.6) is 0 Å². The SMILES string of the molecule is Cl.NNc1c(F)c(F)c(-c2c(F)c(F)c(NN)c(F)c2F)c(F)c1F. The summed E-state index contributed by atoms with van der Waals surface area (Å²) >= 11 is 0. The molecule has 0 unspecified atom stereocenters. The quantitative estimate of drug-likeness (QED) is 0.278. The number of benzene rings is 2. The van der Waals surface area contributed by atoms with Gasteiger partial charge in [-0.15, -0.1) is 12.4 Å². The molecule has 0 aliphatic heterocycles. The lowest BCUT2D eigenvalue weighted by atomic mass is 10.00. The lowest BCUT2D eigenvalue weighted by molar-refractivity contribution is 0.446. The first-order chi connectivity index (χ1) is 11.2. The predicted octanol–water partition coefficient (Wildman–Crippen LogP) is 3.46. The van der Waals surface area contributed by atoms with E-state index >= 15 is 0 Å². The number of rotatable bonds is 3. The summed E-state index contributed by atoms with van der Waals surface area (Å²) in [7, 11) is 0. The zero-order valence-electron chi connectivity index (χ0n) is 11.6. The zero-order valence-corrected chi connectivity index (χ0v) is 12.4. The summed E-state index contributed by atoms with van der Waals surface area (Å²) < 4.78 is 110. The molecule has 6 N–H and O–H groups in total. The standard InChI is InChI=1S/C12H6F8N4.ClH/c13-3-1(4(14)8(18)11(23-21)7(3)17)2-5(15)9(19)12(24-22)10(20)6(2)16;/h23-24H,21-22H2;1H. The van der Waals surface area contributed by atoms with Gasteiger partial charge in [-0.3, -0.25) is 11.7 Å². The fraction of sp³-hybridized carbons (Fsp3) is 0. The van der Waals surface area contributed by atoms with Crippen LogP contribution in [0.25, 0.3) is 11.1 Å². The molecule has 2 rings (SSSR count). The van der Waals surface area contributed by atoms with Crippen molar-refractivity contribution in [2.75, 3.05) is 10.9 Å². The van der Waals surface area contributed by atoms with Gasteiger partial charge in [-0.1, -0.05) is 0 Å². The van der Waals surface area contributed by atoms with E-state index in [-0.39, 0.29) is 12.4 Å². The van der Waals surface area contributed by atoms with E-state index in [2.05, 4.69) is 11.7 Å². The van der Waals surface area contributed by atoms with E-state index in [0.717, 1.165) is 0 Å². The van der Waals surface area contributed by atoms with Gasteiger partial charge in [0.15, 0.2) is 46.5 Å². The maximum atomic E-state index is 13.9. The second-order valence-electron chi connectivity index (χ2n) is 4.30. The van der Waals surface area contributed by atoms with Crippen LogP contribution >= 0.6 is 12.4 Å². The van der Waals surface area contributed by atoms with E-state index < -0.39 is 69.0 Å². The Balaban J connectivity index is 0.00000312. The van der Waals surface area contributed by atoms with E-state index in [1.54, 1.807) is 0 Å². The molecule has 0 spiro atoms. The Morgan fingerprint density at radius 2 is 0.640 bits per heavy atom. The number of hydrogen-bond acceptors (Lipinski definition) is 4. The number of nitrogens with one attached hydrogen (secondary N) is 2. The number of hydrogen-bond donors (Lipinski definition) is 4. The minimum absolute atomic E-state index is 0. The molecule has 0 aromatic heterocycles. The van der Waals surface area contributed by atoms with Crippen LogP contribution in [0.15, 0.2) is 0 Å². The molecule has 0 saturated heterocycles. The number of halogens is 9. The summed E-state index contributed by atoms with van der Waals surface area (Å²) in [5.41, 5.74) is -4.38. The molecule has 2 aromatic carbocycles. The van der Waals surface area contributed by atoms with Crippen LogP contribution in [-0.4, -0.2) is 0 Å². The van der Waals surface area contributed by atoms with Gasteiger partial charge in [-0.25, -0.2) is 35.1 Å². The highest BCUT2D eigenvalue weighted by Crippen LogP contribution is 2.40. The minimum Gasteiger partial charge on any atom is -0.319 e. The average molecular weight is 395 g/mol. The first-order valence-electron chi connectivity index (χ1n) is 5.84. The molecule has 25 heavy (non-hydrogen) atoms. The molecule has 4 nitrogen and oxygen atoms in total. The van der Waals surface area contributed by atoms with E-state index in [1.807, 2.05) is 0 Å². The summed E-state index contributed by atoms with van der Waals surface area (Å²) in [6.45, 7) is 0. The third kappa shape index (κ3) is 2.92. The zero-order chi connectivity index (χ0) is 18.3. The van der Waals surface area contributed by atoms with Crippen LogP contribution < -0.4 is 22.5 Å². The Hall–Kier alpha value is -2.31. The maximum Gasteiger partial charge on any atom is 0.187 e. The molecular weight excluding hydrogens is 388 g/mol. The first kappa shape index (κ1) is 20.7. The van der Waals surface area contributed by atoms with Crippen molar-refractivity contribution in [3.05, 3.63) is 46.5 Å². The van der Waals surface area contributed by atoms with E-state index in [9.17, 15) is 35.1 Å². The van der Waals surface area contributed by atoms with Crippen LogP contribution in [0.2, 0.25) is 0 Å². The van der Waals surface area contributed by atoms with Crippen LogP contribution in [0.1, 0.15) is 0 Å². The summed E-state index contributed by atoms with van der Waals surface area (Å²) in [6, 6.07) is 0. The normalized spacial score (nSPS) is 10.5. The third-order valence-corrected chi connectivity index (χ3v) is 3.07. The van der Waals surface area contributed by atoms with E-state index in [0.29, 0.717) is 0 Å². The first-order valence-corrected chi connectivity index (χ1v) is 5.84. The summed E-state index contributed by atoms with van der Waals surface area (Å²) in [5.74, 6) is -8.61. The summed E-state index contributed by atoms with van der Waals surface area (Å²) in [4.78, 5) is 0. The highest BCUT2D eigenvalue weighted by atomic mass is 35.5. The Morgan fingerprint density at radius 1 is 0.440 bits per heavy atom. The van der Waals surface area contributed by atoms with Crippen molar-refractivity contribution in [1.29, 1.82) is 0 Å². The highest BCUT2D eigenvalue weighted by Gasteiger charge is 2.33. The van der Waals surface area contributed by atoms with Crippen LogP contribution in [0.4, 0.5) is 46.5 Å². The molecular formula is C12H7ClF8N4. The molecule has 0 bridgehead atoms. The fourth-order valence-corrected chi connectivity index (χ4v) is 1.96. The Kier molecular flexibility index (Phi) is 6.05. The molecule has 0 radical (unpaired) electrons. The van der Waals surface area contributed by atoms with E-state index in [4.69, 9.17) is 0 Å². The lowest BCUT2D eigenvalue weighted by Crippen LogP contribution is -2.16. The van der Waals surface area contributed by atoms with Crippen LogP contribution in [0, 0.1) is 46.5 Å². The van der Waals surface area contributed by atoms with Gasteiger partial charge in [0.2, 0.25) is 0 Å². The molecule has 0 aliphatic rings. The van der Waals surface area contributed by atoms with Crippen molar-refractivity contribution in [3.8, 4) is 11.1 Å². The van der Waals surface area contributed by atoms with Crippen molar-refractivity contribution in [2.45, 2.75) is 0 Å². The molecule has 2 aromatic rings. The second kappa shape index (κ2) is 7.29. The van der Waals surface area contributed by atoms with Crippen LogP contribution in [-0.2, 0) is 0 Å². The summed E-state index contributed by atoms with van der Waals surface area (Å²) in [6.07, 6.45) is 0. The number of hydrazine groups is 2.